The van der Waals surface area contributed by atoms with E-state index >= 15 is 0 Å². The second-order valence-electron chi connectivity index (χ2n) is 9.11. The first kappa shape index (κ1) is 27.7. The molecule has 0 amide bonds. The number of hydrogen-bond donors (Lipinski definition) is 0. The summed E-state index contributed by atoms with van der Waals surface area (Å²) in [5.41, 5.74) is 0. The van der Waals surface area contributed by atoms with E-state index in [1.807, 2.05) is 0 Å². The minimum atomic E-state index is 0.517. The molecule has 0 aromatic carbocycles. The van der Waals surface area contributed by atoms with Gasteiger partial charge < -0.3 is 0 Å². The van der Waals surface area contributed by atoms with Crippen molar-refractivity contribution in [3.63, 3.8) is 0 Å². The summed E-state index contributed by atoms with van der Waals surface area (Å²) in [6, 6.07) is 0. The molecule has 1 heteroatoms. The van der Waals surface area contributed by atoms with Crippen molar-refractivity contribution in [3.8, 4) is 0 Å². The van der Waals surface area contributed by atoms with Crippen molar-refractivity contribution in [1.82, 2.24) is 0 Å². The van der Waals surface area contributed by atoms with Gasteiger partial charge >= 0.3 is 0 Å². The third-order valence-electron chi connectivity index (χ3n) is 6.12. The number of rotatable bonds is 24. The Kier molecular flexibility index (Phi) is 24.4. The molecule has 0 heterocycles. The fourth-order valence-corrected chi connectivity index (χ4v) is 4.10. The SMILES string of the molecule is CCCCCCCCCCCCCCCCCC(=O)CCCCCCCCC. The lowest BCUT2D eigenvalue weighted by Gasteiger charge is -2.04. The van der Waals surface area contributed by atoms with Gasteiger partial charge in [0.05, 0.1) is 0 Å². The molecular formula is C27H54O. The Balaban J connectivity index is 3.11. The molecule has 0 atom stereocenters. The van der Waals surface area contributed by atoms with Gasteiger partial charge in [-0.2, -0.15) is 0 Å². The van der Waals surface area contributed by atoms with Crippen LogP contribution in [-0.4, -0.2) is 5.78 Å². The van der Waals surface area contributed by atoms with E-state index in [4.69, 9.17) is 0 Å². The van der Waals surface area contributed by atoms with Crippen LogP contribution in [0.4, 0.5) is 0 Å². The largest absolute Gasteiger partial charge is 0.300 e. The summed E-state index contributed by atoms with van der Waals surface area (Å²) in [4.78, 5) is 11.9. The molecule has 28 heavy (non-hydrogen) atoms. The standard InChI is InChI=1S/C27H54O/c1-3-5-7-9-11-12-13-14-15-16-17-18-20-22-24-26-27(28)25-23-21-19-10-8-6-4-2/h3-26H2,1-2H3. The zero-order chi connectivity index (χ0) is 20.5. The van der Waals surface area contributed by atoms with Crippen molar-refractivity contribution in [2.24, 2.45) is 0 Å². The van der Waals surface area contributed by atoms with Crippen LogP contribution in [0.1, 0.15) is 168 Å². The molecule has 0 spiro atoms. The van der Waals surface area contributed by atoms with Crippen LogP contribution in [0.25, 0.3) is 0 Å². The van der Waals surface area contributed by atoms with Gasteiger partial charge in [0, 0.05) is 12.8 Å². The zero-order valence-electron chi connectivity index (χ0n) is 19.9. The van der Waals surface area contributed by atoms with Gasteiger partial charge in [-0.15, -0.1) is 0 Å². The molecular weight excluding hydrogens is 340 g/mol. The van der Waals surface area contributed by atoms with Gasteiger partial charge in [0.1, 0.15) is 5.78 Å². The summed E-state index contributed by atoms with van der Waals surface area (Å²) in [6.45, 7) is 4.55. The summed E-state index contributed by atoms with van der Waals surface area (Å²) < 4.78 is 0. The van der Waals surface area contributed by atoms with Crippen LogP contribution in [-0.2, 0) is 4.79 Å². The fraction of sp³-hybridized carbons (Fsp3) is 0.963. The fourth-order valence-electron chi connectivity index (χ4n) is 4.10. The molecule has 0 saturated heterocycles. The van der Waals surface area contributed by atoms with E-state index in [9.17, 15) is 4.79 Å². The van der Waals surface area contributed by atoms with E-state index in [0.717, 1.165) is 25.7 Å². The van der Waals surface area contributed by atoms with E-state index in [0.29, 0.717) is 5.78 Å². The lowest BCUT2D eigenvalue weighted by Crippen LogP contribution is -1.97. The molecule has 0 radical (unpaired) electrons. The monoisotopic (exact) mass is 394 g/mol. The summed E-state index contributed by atoms with van der Waals surface area (Å²) in [5, 5.41) is 0. The second kappa shape index (κ2) is 24.7. The van der Waals surface area contributed by atoms with Gasteiger partial charge in [0.25, 0.3) is 0 Å². The molecule has 0 aromatic rings. The number of carbonyl (C=O) groups is 1. The zero-order valence-corrected chi connectivity index (χ0v) is 19.9. The van der Waals surface area contributed by atoms with Crippen molar-refractivity contribution in [2.75, 3.05) is 0 Å². The molecule has 0 N–H and O–H groups in total. The first-order valence-corrected chi connectivity index (χ1v) is 13.3. The van der Waals surface area contributed by atoms with Gasteiger partial charge in [0.2, 0.25) is 0 Å². The van der Waals surface area contributed by atoms with Gasteiger partial charge in [-0.1, -0.05) is 142 Å². The minimum Gasteiger partial charge on any atom is -0.300 e. The predicted octanol–water partition coefficient (Wildman–Crippen LogP) is 9.96. The lowest BCUT2D eigenvalue weighted by molar-refractivity contribution is -0.119. The van der Waals surface area contributed by atoms with Crippen LogP contribution in [0.5, 0.6) is 0 Å². The number of unbranched alkanes of at least 4 members (excludes halogenated alkanes) is 20. The second-order valence-corrected chi connectivity index (χ2v) is 9.11. The summed E-state index contributed by atoms with van der Waals surface area (Å²) in [5.74, 6) is 0.517. The van der Waals surface area contributed by atoms with E-state index < -0.39 is 0 Å². The van der Waals surface area contributed by atoms with Gasteiger partial charge in [-0.25, -0.2) is 0 Å². The smallest absolute Gasteiger partial charge is 0.132 e. The Hall–Kier alpha value is -0.330. The molecule has 0 saturated carbocycles. The molecule has 0 aliphatic rings. The summed E-state index contributed by atoms with van der Waals surface area (Å²) in [7, 11) is 0. The third kappa shape index (κ3) is 23.7. The van der Waals surface area contributed by atoms with E-state index in [1.165, 1.54) is 128 Å². The van der Waals surface area contributed by atoms with E-state index in [1.54, 1.807) is 0 Å². The van der Waals surface area contributed by atoms with Crippen LogP contribution in [0.3, 0.4) is 0 Å². The highest BCUT2D eigenvalue weighted by Crippen LogP contribution is 2.14. The summed E-state index contributed by atoms with van der Waals surface area (Å²) in [6.07, 6.45) is 31.7. The predicted molar refractivity (Wildman–Crippen MR) is 127 cm³/mol. The highest BCUT2D eigenvalue weighted by atomic mass is 16.1. The number of hydrogen-bond acceptors (Lipinski definition) is 1. The normalized spacial score (nSPS) is 11.2. The Morgan fingerprint density at radius 1 is 0.357 bits per heavy atom. The van der Waals surface area contributed by atoms with Crippen LogP contribution < -0.4 is 0 Å². The topological polar surface area (TPSA) is 17.1 Å². The van der Waals surface area contributed by atoms with Crippen LogP contribution >= 0.6 is 0 Å². The van der Waals surface area contributed by atoms with Crippen molar-refractivity contribution in [3.05, 3.63) is 0 Å². The molecule has 168 valence electrons. The number of carbonyl (C=O) groups excluding carboxylic acids is 1. The average molecular weight is 395 g/mol. The van der Waals surface area contributed by atoms with Crippen molar-refractivity contribution in [2.45, 2.75) is 168 Å². The van der Waals surface area contributed by atoms with Crippen LogP contribution in [0.15, 0.2) is 0 Å². The van der Waals surface area contributed by atoms with E-state index in [2.05, 4.69) is 13.8 Å². The number of Topliss-reactive ketones (excluding diaryl/α,β-unsaturated/α-hetero) is 1. The van der Waals surface area contributed by atoms with Crippen molar-refractivity contribution >= 4 is 5.78 Å². The first-order chi connectivity index (χ1) is 13.8. The molecule has 0 rings (SSSR count). The maximum atomic E-state index is 11.9. The average Bonchev–Trinajstić information content (AvgIpc) is 2.70. The quantitative estimate of drug-likeness (QED) is 0.149. The molecule has 0 fully saturated rings. The van der Waals surface area contributed by atoms with Crippen LogP contribution in [0.2, 0.25) is 0 Å². The Bertz CT molecular complexity index is 297. The van der Waals surface area contributed by atoms with Crippen molar-refractivity contribution < 1.29 is 4.79 Å². The maximum absolute atomic E-state index is 11.9. The van der Waals surface area contributed by atoms with Crippen molar-refractivity contribution in [1.29, 1.82) is 0 Å². The third-order valence-corrected chi connectivity index (χ3v) is 6.12. The maximum Gasteiger partial charge on any atom is 0.132 e. The Labute approximate surface area is 178 Å². The lowest BCUT2D eigenvalue weighted by atomic mass is 10.0. The molecule has 0 aliphatic carbocycles. The van der Waals surface area contributed by atoms with Crippen LogP contribution in [0, 0.1) is 0 Å². The molecule has 0 bridgehead atoms. The Morgan fingerprint density at radius 2 is 0.571 bits per heavy atom. The minimum absolute atomic E-state index is 0.517. The molecule has 0 unspecified atom stereocenters. The van der Waals surface area contributed by atoms with Gasteiger partial charge in [-0.05, 0) is 12.8 Å². The highest BCUT2D eigenvalue weighted by Gasteiger charge is 2.02. The number of ketones is 1. The van der Waals surface area contributed by atoms with E-state index in [-0.39, 0.29) is 0 Å². The highest BCUT2D eigenvalue weighted by molar-refractivity contribution is 5.78. The molecule has 0 aromatic heterocycles. The van der Waals surface area contributed by atoms with Gasteiger partial charge in [-0.3, -0.25) is 4.79 Å². The molecule has 0 aliphatic heterocycles. The van der Waals surface area contributed by atoms with Gasteiger partial charge in [0.15, 0.2) is 0 Å². The Morgan fingerprint density at radius 3 is 0.821 bits per heavy atom. The molecule has 1 nitrogen and oxygen atoms in total. The first-order valence-electron chi connectivity index (χ1n) is 13.3. The summed E-state index contributed by atoms with van der Waals surface area (Å²) >= 11 is 0.